The molecule has 1 heterocycles. The first kappa shape index (κ1) is 24.7. The summed E-state index contributed by atoms with van der Waals surface area (Å²) in [5, 5.41) is 14.2. The van der Waals surface area contributed by atoms with Crippen LogP contribution in [0.3, 0.4) is 0 Å². The van der Waals surface area contributed by atoms with Crippen molar-refractivity contribution in [2.75, 3.05) is 13.1 Å². The van der Waals surface area contributed by atoms with Gasteiger partial charge in [-0.2, -0.15) is 5.10 Å². The molecule has 1 aliphatic rings. The second-order valence-electron chi connectivity index (χ2n) is 7.62. The van der Waals surface area contributed by atoms with Crippen LogP contribution in [0.1, 0.15) is 62.9 Å². The van der Waals surface area contributed by atoms with Crippen molar-refractivity contribution in [3.05, 3.63) is 17.0 Å². The number of halogens is 1. The molecule has 28 heavy (non-hydrogen) atoms. The molecule has 1 unspecified atom stereocenters. The van der Waals surface area contributed by atoms with E-state index in [1.165, 1.54) is 30.5 Å². The molecule has 0 radical (unpaired) electrons. The molecule has 1 aromatic rings. The Labute approximate surface area is 186 Å². The van der Waals surface area contributed by atoms with Gasteiger partial charge in [-0.15, -0.1) is 24.0 Å². The van der Waals surface area contributed by atoms with Crippen LogP contribution in [0, 0.1) is 13.8 Å². The molecule has 160 valence electrons. The third-order valence-electron chi connectivity index (χ3n) is 5.25. The fourth-order valence-electron chi connectivity index (χ4n) is 3.69. The van der Waals surface area contributed by atoms with E-state index in [0.717, 1.165) is 31.5 Å². The van der Waals surface area contributed by atoms with E-state index >= 15 is 0 Å². The maximum absolute atomic E-state index is 12.2. The van der Waals surface area contributed by atoms with Gasteiger partial charge in [-0.05, 0) is 52.5 Å². The molecule has 1 aromatic heterocycles. The van der Waals surface area contributed by atoms with Gasteiger partial charge in [-0.25, -0.2) is 4.99 Å². The van der Waals surface area contributed by atoms with Crippen molar-refractivity contribution < 1.29 is 4.79 Å². The minimum absolute atomic E-state index is 0. The van der Waals surface area contributed by atoms with Gasteiger partial charge in [0.1, 0.15) is 6.54 Å². The molecular weight excluding hydrogens is 467 g/mol. The molecule has 7 nitrogen and oxygen atoms in total. The number of aromatic nitrogens is 2. The average Bonchev–Trinajstić information content (AvgIpc) is 2.87. The van der Waals surface area contributed by atoms with Gasteiger partial charge in [-0.1, -0.05) is 19.3 Å². The summed E-state index contributed by atoms with van der Waals surface area (Å²) in [7, 11) is 1.97. The lowest BCUT2D eigenvalue weighted by Gasteiger charge is -2.22. The molecule has 0 aliphatic heterocycles. The molecule has 2 rings (SSSR count). The van der Waals surface area contributed by atoms with Gasteiger partial charge in [0.15, 0.2) is 5.96 Å². The summed E-state index contributed by atoms with van der Waals surface area (Å²) in [6, 6.07) is 0.512. The number of hydrogen-bond acceptors (Lipinski definition) is 3. The van der Waals surface area contributed by atoms with Gasteiger partial charge >= 0.3 is 0 Å². The van der Waals surface area contributed by atoms with Gasteiger partial charge in [0.2, 0.25) is 5.91 Å². The molecule has 1 saturated carbocycles. The van der Waals surface area contributed by atoms with Gasteiger partial charge < -0.3 is 16.0 Å². The maximum atomic E-state index is 12.2. The SMILES string of the molecule is CCNC(=NCC(=O)NC1CCCCC1)NC(C)Cc1c(C)nn(C)c1C.I. The van der Waals surface area contributed by atoms with Gasteiger partial charge in [0, 0.05) is 31.4 Å². The Kier molecular flexibility index (Phi) is 10.8. The van der Waals surface area contributed by atoms with Crippen molar-refractivity contribution in [3.63, 3.8) is 0 Å². The molecule has 8 heteroatoms. The van der Waals surface area contributed by atoms with E-state index < -0.39 is 0 Å². The van der Waals surface area contributed by atoms with Crippen LogP contribution in [-0.2, 0) is 18.3 Å². The Bertz CT molecular complexity index is 651. The van der Waals surface area contributed by atoms with Crippen LogP contribution in [-0.4, -0.2) is 46.8 Å². The number of aryl methyl sites for hydroxylation is 2. The first-order valence-electron chi connectivity index (χ1n) is 10.2. The van der Waals surface area contributed by atoms with Crippen LogP contribution in [0.4, 0.5) is 0 Å². The molecule has 1 amide bonds. The van der Waals surface area contributed by atoms with Crippen LogP contribution < -0.4 is 16.0 Å². The highest BCUT2D eigenvalue weighted by atomic mass is 127. The van der Waals surface area contributed by atoms with Gasteiger partial charge in [0.05, 0.1) is 5.69 Å². The second-order valence-corrected chi connectivity index (χ2v) is 7.62. The molecule has 1 aliphatic carbocycles. The van der Waals surface area contributed by atoms with Crippen molar-refractivity contribution in [1.82, 2.24) is 25.7 Å². The minimum Gasteiger partial charge on any atom is -0.357 e. The molecular formula is C20H37IN6O. The fraction of sp³-hybridized carbons (Fsp3) is 0.750. The molecule has 0 aromatic carbocycles. The molecule has 3 N–H and O–H groups in total. The standard InChI is InChI=1S/C20H36N6O.HI/c1-6-21-20(22-13-19(27)24-17-10-8-7-9-11-17)23-14(2)12-18-15(3)25-26(5)16(18)4;/h14,17H,6-13H2,1-5H3,(H,24,27)(H2,21,22,23);1H. The number of carbonyl (C=O) groups excluding carboxylic acids is 1. The molecule has 1 fully saturated rings. The zero-order valence-electron chi connectivity index (χ0n) is 18.0. The van der Waals surface area contributed by atoms with Crippen LogP contribution >= 0.6 is 24.0 Å². The fourth-order valence-corrected chi connectivity index (χ4v) is 3.69. The van der Waals surface area contributed by atoms with E-state index in [-0.39, 0.29) is 42.5 Å². The quantitative estimate of drug-likeness (QED) is 0.303. The smallest absolute Gasteiger partial charge is 0.242 e. The van der Waals surface area contributed by atoms with Crippen LogP contribution in [0.15, 0.2) is 4.99 Å². The second kappa shape index (κ2) is 12.3. The Hall–Kier alpha value is -1.32. The number of carbonyl (C=O) groups is 1. The number of guanidine groups is 1. The predicted molar refractivity (Wildman–Crippen MR) is 125 cm³/mol. The van der Waals surface area contributed by atoms with Crippen molar-refractivity contribution in [3.8, 4) is 0 Å². The molecule has 0 spiro atoms. The van der Waals surface area contributed by atoms with E-state index in [2.05, 4.69) is 39.9 Å². The van der Waals surface area contributed by atoms with Crippen molar-refractivity contribution in [2.45, 2.75) is 78.3 Å². The lowest BCUT2D eigenvalue weighted by molar-refractivity contribution is -0.120. The van der Waals surface area contributed by atoms with E-state index in [1.54, 1.807) is 0 Å². The summed E-state index contributed by atoms with van der Waals surface area (Å²) in [5.74, 6) is 0.689. The van der Waals surface area contributed by atoms with Gasteiger partial charge in [0.25, 0.3) is 0 Å². The van der Waals surface area contributed by atoms with Crippen LogP contribution in [0.2, 0.25) is 0 Å². The molecule has 0 bridgehead atoms. The highest BCUT2D eigenvalue weighted by Gasteiger charge is 2.16. The predicted octanol–water partition coefficient (Wildman–Crippen LogP) is 2.59. The Morgan fingerprint density at radius 3 is 2.54 bits per heavy atom. The van der Waals surface area contributed by atoms with Crippen LogP contribution in [0.5, 0.6) is 0 Å². The Morgan fingerprint density at radius 2 is 1.96 bits per heavy atom. The Morgan fingerprint density at radius 1 is 1.29 bits per heavy atom. The summed E-state index contributed by atoms with van der Waals surface area (Å²) in [6.07, 6.45) is 6.76. The third-order valence-corrected chi connectivity index (χ3v) is 5.25. The summed E-state index contributed by atoms with van der Waals surface area (Å²) in [4.78, 5) is 16.7. The number of nitrogens with zero attached hydrogens (tertiary/aromatic N) is 3. The zero-order valence-corrected chi connectivity index (χ0v) is 20.3. The first-order valence-corrected chi connectivity index (χ1v) is 10.2. The van der Waals surface area contributed by atoms with Crippen molar-refractivity contribution in [1.29, 1.82) is 0 Å². The summed E-state index contributed by atoms with van der Waals surface area (Å²) in [5.41, 5.74) is 3.52. The minimum atomic E-state index is 0. The van der Waals surface area contributed by atoms with E-state index in [1.807, 2.05) is 25.6 Å². The number of aliphatic imine (C=N–C) groups is 1. The lowest BCUT2D eigenvalue weighted by atomic mass is 9.95. The highest BCUT2D eigenvalue weighted by molar-refractivity contribution is 14.0. The Balaban J connectivity index is 0.00000392. The third kappa shape index (κ3) is 7.60. The number of hydrogen-bond donors (Lipinski definition) is 3. The lowest BCUT2D eigenvalue weighted by Crippen LogP contribution is -2.44. The van der Waals surface area contributed by atoms with E-state index in [4.69, 9.17) is 0 Å². The summed E-state index contributed by atoms with van der Waals surface area (Å²) >= 11 is 0. The first-order chi connectivity index (χ1) is 12.9. The summed E-state index contributed by atoms with van der Waals surface area (Å²) in [6.45, 7) is 9.21. The van der Waals surface area contributed by atoms with Crippen molar-refractivity contribution in [2.24, 2.45) is 12.0 Å². The normalized spacial score (nSPS) is 16.2. The monoisotopic (exact) mass is 504 g/mol. The van der Waals surface area contributed by atoms with E-state index in [0.29, 0.717) is 12.0 Å². The summed E-state index contributed by atoms with van der Waals surface area (Å²) < 4.78 is 1.92. The average molecular weight is 504 g/mol. The maximum Gasteiger partial charge on any atom is 0.242 e. The number of rotatable bonds is 7. The number of nitrogens with one attached hydrogen (secondary N) is 3. The van der Waals surface area contributed by atoms with Crippen molar-refractivity contribution >= 4 is 35.8 Å². The topological polar surface area (TPSA) is 83.3 Å². The van der Waals surface area contributed by atoms with Gasteiger partial charge in [-0.3, -0.25) is 9.48 Å². The zero-order chi connectivity index (χ0) is 19.8. The molecule has 0 saturated heterocycles. The number of amides is 1. The largest absolute Gasteiger partial charge is 0.357 e. The van der Waals surface area contributed by atoms with Crippen LogP contribution in [0.25, 0.3) is 0 Å². The molecule has 1 atom stereocenters. The van der Waals surface area contributed by atoms with E-state index in [9.17, 15) is 4.79 Å². The highest BCUT2D eigenvalue weighted by Crippen LogP contribution is 2.17.